The van der Waals surface area contributed by atoms with Crippen LogP contribution in [0, 0.1) is 0 Å². The van der Waals surface area contributed by atoms with Crippen LogP contribution < -0.4 is 4.90 Å². The number of para-hydroxylation sites is 4. The number of hydrogen-bond acceptors (Lipinski definition) is 2. The molecule has 0 spiro atoms. The summed E-state index contributed by atoms with van der Waals surface area (Å²) in [6, 6.07) is 91.8. The molecule has 0 saturated carbocycles. The van der Waals surface area contributed by atoms with Gasteiger partial charge in [-0.1, -0.05) is 164 Å². The van der Waals surface area contributed by atoms with Crippen molar-refractivity contribution in [2.24, 2.45) is 0 Å². The van der Waals surface area contributed by atoms with E-state index < -0.39 is 0 Å². The second kappa shape index (κ2) is 16.2. The average Bonchev–Trinajstić information content (AvgIpc) is 4.12. The zero-order chi connectivity index (χ0) is 46.1. The van der Waals surface area contributed by atoms with Crippen LogP contribution in [0.25, 0.3) is 116 Å². The summed E-state index contributed by atoms with van der Waals surface area (Å²) in [5, 5.41) is 7.04. The Labute approximate surface area is 404 Å². The van der Waals surface area contributed by atoms with Crippen molar-refractivity contribution in [3.05, 3.63) is 255 Å². The van der Waals surface area contributed by atoms with E-state index >= 15 is 0 Å². The van der Waals surface area contributed by atoms with Crippen molar-refractivity contribution in [2.45, 2.75) is 0 Å². The standard InChI is InChI=1S/C66H43N3O/c1-3-14-43(15-4-1)46-16-11-17-47(40-46)44-28-34-51(35-29-44)68(52-36-30-45(31-37-52)53-22-12-23-56-54-20-7-9-24-59(54)67-66(53)56)62-26-13-27-64-65(62)58-42-49(33-39-63(58)70-64)48-32-38-61-57(41-48)55-21-8-10-25-60(55)69(61)50-18-5-2-6-19-50/h1-42,67H. The smallest absolute Gasteiger partial charge is 0.137 e. The summed E-state index contributed by atoms with van der Waals surface area (Å²) in [6.45, 7) is 0. The van der Waals surface area contributed by atoms with Crippen molar-refractivity contribution in [1.29, 1.82) is 0 Å². The van der Waals surface area contributed by atoms with Crippen molar-refractivity contribution in [3.63, 3.8) is 0 Å². The quantitative estimate of drug-likeness (QED) is 0.165. The SMILES string of the molecule is c1ccc(-c2cccc(-c3ccc(N(c4ccc(-c5cccc6c5[nH]c5ccccc56)cc4)c4cccc5oc6ccc(-c7ccc8c(c7)c7ccccc7n8-c7ccccc7)cc6c45)cc3)c2)cc1. The van der Waals surface area contributed by atoms with Crippen LogP contribution >= 0.6 is 0 Å². The van der Waals surface area contributed by atoms with E-state index in [1.807, 2.05) is 0 Å². The van der Waals surface area contributed by atoms with Crippen molar-refractivity contribution < 1.29 is 4.42 Å². The number of nitrogens with one attached hydrogen (secondary N) is 1. The summed E-state index contributed by atoms with van der Waals surface area (Å²) in [5.41, 5.74) is 20.0. The first-order chi connectivity index (χ1) is 34.7. The fraction of sp³-hybridized carbons (Fsp3) is 0. The van der Waals surface area contributed by atoms with Gasteiger partial charge in [0.1, 0.15) is 11.2 Å². The molecule has 3 aromatic heterocycles. The molecule has 70 heavy (non-hydrogen) atoms. The Morgan fingerprint density at radius 1 is 0.343 bits per heavy atom. The largest absolute Gasteiger partial charge is 0.456 e. The number of fused-ring (bicyclic) bond motifs is 9. The maximum absolute atomic E-state index is 6.72. The van der Waals surface area contributed by atoms with Crippen LogP contribution in [-0.2, 0) is 0 Å². The minimum atomic E-state index is 0.840. The highest BCUT2D eigenvalue weighted by Crippen LogP contribution is 2.45. The van der Waals surface area contributed by atoms with Crippen molar-refractivity contribution in [3.8, 4) is 50.2 Å². The van der Waals surface area contributed by atoms with E-state index in [1.165, 1.54) is 54.8 Å². The second-order valence-corrected chi connectivity index (χ2v) is 18.2. The third kappa shape index (κ3) is 6.53. The van der Waals surface area contributed by atoms with Crippen LogP contribution in [0.3, 0.4) is 0 Å². The van der Waals surface area contributed by atoms with Crippen LogP contribution in [0.4, 0.5) is 17.1 Å². The van der Waals surface area contributed by atoms with Gasteiger partial charge in [-0.25, -0.2) is 0 Å². The molecule has 4 heteroatoms. The maximum atomic E-state index is 6.72. The summed E-state index contributed by atoms with van der Waals surface area (Å²) >= 11 is 0. The Kier molecular flexibility index (Phi) is 9.17. The van der Waals surface area contributed by atoms with Crippen LogP contribution in [-0.4, -0.2) is 9.55 Å². The van der Waals surface area contributed by atoms with Crippen molar-refractivity contribution in [2.75, 3.05) is 4.90 Å². The number of aromatic amines is 1. The lowest BCUT2D eigenvalue weighted by Gasteiger charge is -2.26. The number of furan rings is 1. The van der Waals surface area contributed by atoms with Gasteiger partial charge in [-0.15, -0.1) is 0 Å². The van der Waals surface area contributed by atoms with E-state index in [2.05, 4.69) is 269 Å². The van der Waals surface area contributed by atoms with Gasteiger partial charge in [0, 0.05) is 55.1 Å². The zero-order valence-electron chi connectivity index (χ0n) is 38.1. The Bertz CT molecular complexity index is 4270. The van der Waals surface area contributed by atoms with E-state index in [0.717, 1.165) is 78.0 Å². The molecule has 0 amide bonds. The first-order valence-corrected chi connectivity index (χ1v) is 23.9. The third-order valence-electron chi connectivity index (χ3n) is 14.1. The highest BCUT2D eigenvalue weighted by Gasteiger charge is 2.21. The fourth-order valence-electron chi connectivity index (χ4n) is 10.8. The molecular formula is C66H43N3O. The molecule has 14 aromatic rings. The topological polar surface area (TPSA) is 37.1 Å². The molecule has 0 aliphatic carbocycles. The minimum Gasteiger partial charge on any atom is -0.456 e. The molecule has 0 unspecified atom stereocenters. The molecule has 0 atom stereocenters. The van der Waals surface area contributed by atoms with Crippen LogP contribution in [0.15, 0.2) is 259 Å². The highest BCUT2D eigenvalue weighted by atomic mass is 16.3. The lowest BCUT2D eigenvalue weighted by Crippen LogP contribution is -2.10. The first kappa shape index (κ1) is 39.8. The van der Waals surface area contributed by atoms with E-state index in [0.29, 0.717) is 0 Å². The van der Waals surface area contributed by atoms with Gasteiger partial charge in [-0.3, -0.25) is 0 Å². The summed E-state index contributed by atoms with van der Waals surface area (Å²) in [4.78, 5) is 6.10. The highest BCUT2D eigenvalue weighted by molar-refractivity contribution is 6.16. The lowest BCUT2D eigenvalue weighted by molar-refractivity contribution is 0.669. The predicted octanol–water partition coefficient (Wildman–Crippen LogP) is 18.5. The number of anilines is 3. The molecule has 0 aliphatic heterocycles. The molecule has 0 radical (unpaired) electrons. The second-order valence-electron chi connectivity index (χ2n) is 18.2. The normalized spacial score (nSPS) is 11.7. The number of hydrogen-bond donors (Lipinski definition) is 1. The van der Waals surface area contributed by atoms with Crippen molar-refractivity contribution in [1.82, 2.24) is 9.55 Å². The molecule has 0 aliphatic rings. The molecule has 3 heterocycles. The van der Waals surface area contributed by atoms with Gasteiger partial charge < -0.3 is 18.9 Å². The summed E-state index contributed by atoms with van der Waals surface area (Å²) in [6.07, 6.45) is 0. The number of nitrogens with zero attached hydrogens (tertiary/aromatic N) is 2. The summed E-state index contributed by atoms with van der Waals surface area (Å²) in [7, 11) is 0. The van der Waals surface area contributed by atoms with Gasteiger partial charge in [0.2, 0.25) is 0 Å². The average molecular weight is 894 g/mol. The Balaban J connectivity index is 0.911. The lowest BCUT2D eigenvalue weighted by atomic mass is 9.98. The molecular weight excluding hydrogens is 851 g/mol. The maximum Gasteiger partial charge on any atom is 0.137 e. The predicted molar refractivity (Wildman–Crippen MR) is 294 cm³/mol. The van der Waals surface area contributed by atoms with Gasteiger partial charge in [0.15, 0.2) is 0 Å². The van der Waals surface area contributed by atoms with Gasteiger partial charge >= 0.3 is 0 Å². The van der Waals surface area contributed by atoms with E-state index in [4.69, 9.17) is 4.42 Å². The molecule has 0 bridgehead atoms. The van der Waals surface area contributed by atoms with Crippen molar-refractivity contribution >= 4 is 82.6 Å². The molecule has 11 aromatic carbocycles. The number of H-pyrrole nitrogens is 1. The van der Waals surface area contributed by atoms with E-state index in [-0.39, 0.29) is 0 Å². The molecule has 0 saturated heterocycles. The van der Waals surface area contributed by atoms with Crippen LogP contribution in [0.1, 0.15) is 0 Å². The minimum absolute atomic E-state index is 0.840. The molecule has 328 valence electrons. The van der Waals surface area contributed by atoms with E-state index in [9.17, 15) is 0 Å². The molecule has 4 nitrogen and oxygen atoms in total. The van der Waals surface area contributed by atoms with Gasteiger partial charge in [0.25, 0.3) is 0 Å². The Hall–Kier alpha value is -9.38. The number of aromatic nitrogens is 2. The first-order valence-electron chi connectivity index (χ1n) is 23.9. The van der Waals surface area contributed by atoms with Gasteiger partial charge in [-0.2, -0.15) is 0 Å². The molecule has 0 fully saturated rings. The van der Waals surface area contributed by atoms with Crippen LogP contribution in [0.2, 0.25) is 0 Å². The summed E-state index contributed by atoms with van der Waals surface area (Å²) in [5.74, 6) is 0. The zero-order valence-corrected chi connectivity index (χ0v) is 38.1. The number of rotatable bonds is 8. The molecule has 1 N–H and O–H groups in total. The number of benzene rings is 11. The Morgan fingerprint density at radius 3 is 1.69 bits per heavy atom. The fourth-order valence-corrected chi connectivity index (χ4v) is 10.8. The summed E-state index contributed by atoms with van der Waals surface area (Å²) < 4.78 is 9.09. The van der Waals surface area contributed by atoms with Crippen LogP contribution in [0.5, 0.6) is 0 Å². The Morgan fingerprint density at radius 2 is 0.900 bits per heavy atom. The van der Waals surface area contributed by atoms with E-state index in [1.54, 1.807) is 0 Å². The van der Waals surface area contributed by atoms with Gasteiger partial charge in [0.05, 0.1) is 27.6 Å². The monoisotopic (exact) mass is 893 g/mol. The van der Waals surface area contributed by atoms with Gasteiger partial charge in [-0.05, 0) is 130 Å². The molecule has 14 rings (SSSR count). The third-order valence-corrected chi connectivity index (χ3v) is 14.1.